The number of hydrogen-bond acceptors (Lipinski definition) is 4. The van der Waals surface area contributed by atoms with Crippen LogP contribution >= 0.6 is 11.3 Å². The van der Waals surface area contributed by atoms with Crippen molar-refractivity contribution >= 4 is 27.8 Å². The van der Waals surface area contributed by atoms with Crippen molar-refractivity contribution < 1.29 is 4.79 Å². The molecule has 1 aromatic heterocycles. The molecule has 20 heavy (non-hydrogen) atoms. The van der Waals surface area contributed by atoms with Gasteiger partial charge in [0.1, 0.15) is 0 Å². The third-order valence-corrected chi connectivity index (χ3v) is 6.27. The maximum absolute atomic E-state index is 11.8. The molecule has 1 saturated heterocycles. The molecule has 0 amide bonds. The number of nitrogens with two attached hydrogens (primary N) is 1. The average molecular weight is 292 g/mol. The lowest BCUT2D eigenvalue weighted by Gasteiger charge is -2.36. The first-order valence-electron chi connectivity index (χ1n) is 7.67. The summed E-state index contributed by atoms with van der Waals surface area (Å²) in [7, 11) is 0. The van der Waals surface area contributed by atoms with E-state index >= 15 is 0 Å². The second-order valence-electron chi connectivity index (χ2n) is 6.58. The van der Waals surface area contributed by atoms with E-state index in [1.165, 1.54) is 29.8 Å². The molecule has 0 radical (unpaired) electrons. The Kier molecular flexibility index (Phi) is 3.53. The molecule has 2 atom stereocenters. The van der Waals surface area contributed by atoms with E-state index in [0.717, 1.165) is 29.6 Å². The molecule has 2 aliphatic rings. The van der Waals surface area contributed by atoms with Gasteiger partial charge in [-0.05, 0) is 37.0 Å². The Morgan fingerprint density at radius 3 is 2.50 bits per heavy atom. The molecule has 2 N–H and O–H groups in total. The van der Waals surface area contributed by atoms with Crippen LogP contribution in [0.15, 0.2) is 0 Å². The van der Waals surface area contributed by atoms with Gasteiger partial charge >= 0.3 is 0 Å². The molecule has 0 spiro atoms. The van der Waals surface area contributed by atoms with Gasteiger partial charge in [0.25, 0.3) is 0 Å². The lowest BCUT2D eigenvalue weighted by atomic mass is 9.88. The molecule has 0 aromatic carbocycles. The Balaban J connectivity index is 1.96. The standard InChI is InChI=1S/C16H24N2OS/c1-9-6-7-18(8-10(9)2)16-13(12-4-5-12)14(17)15(20-16)11(3)19/h9-10,12H,4-8,17H2,1-3H3. The molecule has 0 bridgehead atoms. The Morgan fingerprint density at radius 2 is 1.95 bits per heavy atom. The number of carbonyl (C=O) groups excluding carboxylic acids is 1. The minimum atomic E-state index is 0.110. The van der Waals surface area contributed by atoms with Crippen LogP contribution in [0.3, 0.4) is 0 Å². The van der Waals surface area contributed by atoms with Crippen molar-refractivity contribution in [2.24, 2.45) is 11.8 Å². The first kappa shape index (κ1) is 13.9. The molecule has 1 aliphatic heterocycles. The summed E-state index contributed by atoms with van der Waals surface area (Å²) < 4.78 is 0. The largest absolute Gasteiger partial charge is 0.397 e. The zero-order valence-corrected chi connectivity index (χ0v) is 13.4. The fourth-order valence-electron chi connectivity index (χ4n) is 3.15. The van der Waals surface area contributed by atoms with E-state index in [9.17, 15) is 4.79 Å². The van der Waals surface area contributed by atoms with E-state index in [4.69, 9.17) is 5.73 Å². The van der Waals surface area contributed by atoms with Gasteiger partial charge in [-0.25, -0.2) is 0 Å². The first-order chi connectivity index (χ1) is 9.49. The van der Waals surface area contributed by atoms with Gasteiger partial charge < -0.3 is 10.6 Å². The zero-order valence-electron chi connectivity index (χ0n) is 12.6. The number of piperidine rings is 1. The number of anilines is 2. The number of rotatable bonds is 3. The van der Waals surface area contributed by atoms with Crippen molar-refractivity contribution in [2.75, 3.05) is 23.7 Å². The van der Waals surface area contributed by atoms with Gasteiger partial charge in [0.05, 0.1) is 15.6 Å². The van der Waals surface area contributed by atoms with Gasteiger partial charge in [0, 0.05) is 25.6 Å². The summed E-state index contributed by atoms with van der Waals surface area (Å²) >= 11 is 1.62. The molecule has 3 nitrogen and oxygen atoms in total. The zero-order chi connectivity index (χ0) is 14.4. The van der Waals surface area contributed by atoms with Crippen LogP contribution in [0, 0.1) is 11.8 Å². The number of nitrogen functional groups attached to an aromatic ring is 1. The average Bonchev–Trinajstić information content (AvgIpc) is 3.16. The molecule has 1 aliphatic carbocycles. The highest BCUT2D eigenvalue weighted by Crippen LogP contribution is 2.52. The lowest BCUT2D eigenvalue weighted by Crippen LogP contribution is -2.38. The number of carbonyl (C=O) groups is 1. The van der Waals surface area contributed by atoms with Crippen molar-refractivity contribution in [3.63, 3.8) is 0 Å². The number of nitrogens with zero attached hydrogens (tertiary/aromatic N) is 1. The van der Waals surface area contributed by atoms with Crippen LogP contribution in [0.2, 0.25) is 0 Å². The van der Waals surface area contributed by atoms with Crippen LogP contribution in [0.5, 0.6) is 0 Å². The summed E-state index contributed by atoms with van der Waals surface area (Å²) in [6.07, 6.45) is 3.69. The number of hydrogen-bond donors (Lipinski definition) is 1. The molecular formula is C16H24N2OS. The highest BCUT2D eigenvalue weighted by Gasteiger charge is 2.35. The highest BCUT2D eigenvalue weighted by molar-refractivity contribution is 7.18. The molecule has 2 fully saturated rings. The highest BCUT2D eigenvalue weighted by atomic mass is 32.1. The van der Waals surface area contributed by atoms with Gasteiger partial charge in [-0.1, -0.05) is 13.8 Å². The molecule has 2 heterocycles. The second kappa shape index (κ2) is 5.06. The van der Waals surface area contributed by atoms with Crippen molar-refractivity contribution in [3.05, 3.63) is 10.4 Å². The fraction of sp³-hybridized carbons (Fsp3) is 0.688. The van der Waals surface area contributed by atoms with Crippen molar-refractivity contribution in [3.8, 4) is 0 Å². The minimum Gasteiger partial charge on any atom is -0.397 e. The van der Waals surface area contributed by atoms with Gasteiger partial charge in [-0.15, -0.1) is 11.3 Å². The predicted molar refractivity (Wildman–Crippen MR) is 85.9 cm³/mol. The van der Waals surface area contributed by atoms with Crippen LogP contribution in [-0.2, 0) is 0 Å². The topological polar surface area (TPSA) is 46.3 Å². The summed E-state index contributed by atoms with van der Waals surface area (Å²) in [6, 6.07) is 0. The Hall–Kier alpha value is -1.03. The molecule has 110 valence electrons. The van der Waals surface area contributed by atoms with Crippen molar-refractivity contribution in [2.45, 2.75) is 46.0 Å². The summed E-state index contributed by atoms with van der Waals surface area (Å²) in [5, 5.41) is 1.29. The van der Waals surface area contributed by atoms with E-state index in [-0.39, 0.29) is 5.78 Å². The van der Waals surface area contributed by atoms with Crippen molar-refractivity contribution in [1.29, 1.82) is 0 Å². The van der Waals surface area contributed by atoms with E-state index in [0.29, 0.717) is 11.8 Å². The van der Waals surface area contributed by atoms with Gasteiger partial charge in [-0.3, -0.25) is 4.79 Å². The van der Waals surface area contributed by atoms with Crippen LogP contribution < -0.4 is 10.6 Å². The van der Waals surface area contributed by atoms with E-state index in [2.05, 4.69) is 18.7 Å². The molecule has 2 unspecified atom stereocenters. The summed E-state index contributed by atoms with van der Waals surface area (Å²) in [5.74, 6) is 2.21. The van der Waals surface area contributed by atoms with Crippen molar-refractivity contribution in [1.82, 2.24) is 0 Å². The quantitative estimate of drug-likeness (QED) is 0.860. The molecular weight excluding hydrogens is 268 g/mol. The van der Waals surface area contributed by atoms with E-state index < -0.39 is 0 Å². The van der Waals surface area contributed by atoms with Crippen LogP contribution in [0.4, 0.5) is 10.7 Å². The van der Waals surface area contributed by atoms with Gasteiger partial charge in [0.2, 0.25) is 0 Å². The Labute approximate surface area is 125 Å². The summed E-state index contributed by atoms with van der Waals surface area (Å²) in [6.45, 7) is 8.49. The second-order valence-corrected chi connectivity index (χ2v) is 7.58. The molecule has 3 rings (SSSR count). The maximum atomic E-state index is 11.8. The Morgan fingerprint density at radius 1 is 1.25 bits per heavy atom. The summed E-state index contributed by atoms with van der Waals surface area (Å²) in [5.41, 5.74) is 8.33. The molecule has 1 saturated carbocycles. The number of Topliss-reactive ketones (excluding diaryl/α,β-unsaturated/α-hetero) is 1. The SMILES string of the molecule is CC(=O)c1sc(N2CCC(C)C(C)C2)c(C2CC2)c1N. The van der Waals surface area contributed by atoms with E-state index in [1.54, 1.807) is 18.3 Å². The molecule has 1 aromatic rings. The van der Waals surface area contributed by atoms with Gasteiger partial charge in [-0.2, -0.15) is 0 Å². The molecule has 4 heteroatoms. The van der Waals surface area contributed by atoms with Crippen LogP contribution in [-0.4, -0.2) is 18.9 Å². The number of ketones is 1. The predicted octanol–water partition coefficient (Wildman–Crippen LogP) is 3.89. The first-order valence-corrected chi connectivity index (χ1v) is 8.48. The Bertz CT molecular complexity index is 533. The van der Waals surface area contributed by atoms with Crippen LogP contribution in [0.25, 0.3) is 0 Å². The smallest absolute Gasteiger partial charge is 0.171 e. The van der Waals surface area contributed by atoms with E-state index in [1.807, 2.05) is 0 Å². The lowest BCUT2D eigenvalue weighted by molar-refractivity contribution is 0.102. The summed E-state index contributed by atoms with van der Waals surface area (Å²) in [4.78, 5) is 15.0. The normalized spacial score (nSPS) is 26.9. The number of thiophene rings is 1. The fourth-order valence-corrected chi connectivity index (χ4v) is 4.39. The van der Waals surface area contributed by atoms with Crippen LogP contribution in [0.1, 0.15) is 61.2 Å². The third kappa shape index (κ3) is 2.34. The monoisotopic (exact) mass is 292 g/mol. The van der Waals surface area contributed by atoms with Gasteiger partial charge in [0.15, 0.2) is 5.78 Å². The maximum Gasteiger partial charge on any atom is 0.171 e. The minimum absolute atomic E-state index is 0.110. The third-order valence-electron chi connectivity index (χ3n) is 4.89.